The first-order valence-electron chi connectivity index (χ1n) is 10.9. The van der Waals surface area contributed by atoms with Crippen molar-refractivity contribution in [1.29, 1.82) is 0 Å². The van der Waals surface area contributed by atoms with Crippen LogP contribution >= 0.6 is 0 Å². The topological polar surface area (TPSA) is 81.7 Å². The van der Waals surface area contributed by atoms with E-state index in [1.54, 1.807) is 4.57 Å². The Labute approximate surface area is 185 Å². The normalized spacial score (nSPS) is 14.3. The molecule has 32 heavy (non-hydrogen) atoms. The van der Waals surface area contributed by atoms with Crippen molar-refractivity contribution >= 4 is 22.6 Å². The summed E-state index contributed by atoms with van der Waals surface area (Å²) in [5.74, 6) is 1.25. The number of ether oxygens (including phenoxy) is 1. The maximum Gasteiger partial charge on any atom is 0.263 e. The highest BCUT2D eigenvalue weighted by molar-refractivity contribution is 5.80. The number of nitrogens with zero attached hydrogens (tertiary/aromatic N) is 5. The molecule has 0 saturated carbocycles. The van der Waals surface area contributed by atoms with Crippen molar-refractivity contribution in [2.45, 2.75) is 26.3 Å². The third-order valence-corrected chi connectivity index (χ3v) is 5.96. The molecule has 1 amide bonds. The van der Waals surface area contributed by atoms with Crippen molar-refractivity contribution in [2.75, 3.05) is 26.3 Å². The Balaban J connectivity index is 1.54. The fraction of sp³-hybridized carbons (Fsp3) is 0.333. The first-order chi connectivity index (χ1) is 15.6. The summed E-state index contributed by atoms with van der Waals surface area (Å²) in [7, 11) is 0. The summed E-state index contributed by atoms with van der Waals surface area (Å²) in [4.78, 5) is 27.8. The summed E-state index contributed by atoms with van der Waals surface area (Å²) < 4.78 is 8.91. The van der Waals surface area contributed by atoms with Gasteiger partial charge in [-0.25, -0.2) is 0 Å². The summed E-state index contributed by atoms with van der Waals surface area (Å²) in [5.41, 5.74) is 2.84. The minimum absolute atomic E-state index is 0.0855. The molecular weight excluding hydrogens is 406 g/mol. The van der Waals surface area contributed by atoms with Crippen LogP contribution in [0.2, 0.25) is 0 Å². The minimum Gasteiger partial charge on any atom is -0.378 e. The molecular formula is C24H25N5O3. The zero-order valence-electron chi connectivity index (χ0n) is 18.0. The number of hydrogen-bond donors (Lipinski definition) is 0. The molecule has 8 nitrogen and oxygen atoms in total. The van der Waals surface area contributed by atoms with Crippen molar-refractivity contribution in [1.82, 2.24) is 24.1 Å². The van der Waals surface area contributed by atoms with Crippen LogP contribution in [0.3, 0.4) is 0 Å². The van der Waals surface area contributed by atoms with E-state index >= 15 is 0 Å². The molecule has 8 heteroatoms. The van der Waals surface area contributed by atoms with E-state index in [0.717, 1.165) is 11.1 Å². The number of carbonyl (C=O) groups is 1. The number of fused-ring (bicyclic) bond motifs is 3. The Morgan fingerprint density at radius 2 is 1.78 bits per heavy atom. The fourth-order valence-electron chi connectivity index (χ4n) is 4.18. The highest BCUT2D eigenvalue weighted by atomic mass is 16.5. The van der Waals surface area contributed by atoms with Gasteiger partial charge in [0.2, 0.25) is 11.7 Å². The molecule has 0 radical (unpaired) electrons. The molecule has 0 bridgehead atoms. The van der Waals surface area contributed by atoms with Gasteiger partial charge < -0.3 is 9.64 Å². The zero-order valence-corrected chi connectivity index (χ0v) is 18.0. The van der Waals surface area contributed by atoms with Crippen molar-refractivity contribution in [3.63, 3.8) is 0 Å². The Morgan fingerprint density at radius 1 is 1.03 bits per heavy atom. The highest BCUT2D eigenvalue weighted by Gasteiger charge is 2.20. The molecule has 164 valence electrons. The molecule has 0 atom stereocenters. The molecule has 0 aliphatic carbocycles. The number of aromatic nitrogens is 4. The number of aryl methyl sites for hydroxylation is 2. The summed E-state index contributed by atoms with van der Waals surface area (Å²) in [6, 6.07) is 15.6. The van der Waals surface area contributed by atoms with Gasteiger partial charge in [0.15, 0.2) is 0 Å². The average Bonchev–Trinajstić information content (AvgIpc) is 3.26. The number of hydrogen-bond acceptors (Lipinski definition) is 5. The van der Waals surface area contributed by atoms with Crippen LogP contribution in [0.4, 0.5) is 0 Å². The van der Waals surface area contributed by atoms with E-state index in [1.165, 1.54) is 5.56 Å². The van der Waals surface area contributed by atoms with E-state index in [-0.39, 0.29) is 11.5 Å². The average molecular weight is 431 g/mol. The molecule has 5 rings (SSSR count). The standard InChI is InChI=1S/C24H25N5O3/c1-17-6-8-18(9-7-17)16-28-23(31)19-4-2-3-5-20(19)29-21(25-26-24(28)29)10-11-22(30)27-12-14-32-15-13-27/h2-9H,10-16H2,1H3. The molecule has 3 heterocycles. The van der Waals surface area contributed by atoms with E-state index in [0.29, 0.717) is 62.7 Å². The van der Waals surface area contributed by atoms with E-state index in [1.807, 2.05) is 64.8 Å². The third kappa shape index (κ3) is 3.78. The number of morpholine rings is 1. The lowest BCUT2D eigenvalue weighted by Crippen LogP contribution is -2.40. The quantitative estimate of drug-likeness (QED) is 0.484. The van der Waals surface area contributed by atoms with Gasteiger partial charge >= 0.3 is 0 Å². The van der Waals surface area contributed by atoms with Gasteiger partial charge in [0.25, 0.3) is 5.56 Å². The molecule has 1 saturated heterocycles. The van der Waals surface area contributed by atoms with Crippen LogP contribution in [0.25, 0.3) is 16.7 Å². The van der Waals surface area contributed by atoms with Gasteiger partial charge in [0, 0.05) is 25.9 Å². The van der Waals surface area contributed by atoms with Crippen LogP contribution in [0.15, 0.2) is 53.3 Å². The van der Waals surface area contributed by atoms with Crippen LogP contribution in [-0.4, -0.2) is 56.3 Å². The number of amides is 1. The molecule has 4 aromatic rings. The minimum atomic E-state index is -0.1000. The third-order valence-electron chi connectivity index (χ3n) is 5.96. The Kier molecular flexibility index (Phi) is 5.45. The fourth-order valence-corrected chi connectivity index (χ4v) is 4.18. The van der Waals surface area contributed by atoms with E-state index < -0.39 is 0 Å². The summed E-state index contributed by atoms with van der Waals surface area (Å²) in [6.07, 6.45) is 0.788. The van der Waals surface area contributed by atoms with Gasteiger partial charge in [-0.05, 0) is 24.6 Å². The number of para-hydroxylation sites is 1. The molecule has 0 unspecified atom stereocenters. The predicted molar refractivity (Wildman–Crippen MR) is 121 cm³/mol. The Bertz CT molecular complexity index is 1330. The van der Waals surface area contributed by atoms with Crippen molar-refractivity contribution in [3.05, 3.63) is 75.8 Å². The smallest absolute Gasteiger partial charge is 0.263 e. The van der Waals surface area contributed by atoms with Gasteiger partial charge in [-0.1, -0.05) is 42.0 Å². The van der Waals surface area contributed by atoms with Crippen LogP contribution in [0.1, 0.15) is 23.4 Å². The molecule has 0 N–H and O–H groups in total. The molecule has 0 spiro atoms. The maximum absolute atomic E-state index is 13.3. The van der Waals surface area contributed by atoms with Crippen LogP contribution < -0.4 is 5.56 Å². The first kappa shape index (κ1) is 20.4. The summed E-state index contributed by atoms with van der Waals surface area (Å²) in [5, 5.41) is 9.35. The number of benzene rings is 2. The maximum atomic E-state index is 13.3. The molecule has 1 aliphatic heterocycles. The number of carbonyl (C=O) groups excluding carboxylic acids is 1. The van der Waals surface area contributed by atoms with Crippen LogP contribution in [0, 0.1) is 6.92 Å². The molecule has 2 aromatic heterocycles. The van der Waals surface area contributed by atoms with Gasteiger partial charge in [-0.3, -0.25) is 18.6 Å². The molecule has 2 aromatic carbocycles. The summed E-state index contributed by atoms with van der Waals surface area (Å²) in [6.45, 7) is 4.84. The Hall–Kier alpha value is -3.52. The second kappa shape index (κ2) is 8.55. The largest absolute Gasteiger partial charge is 0.378 e. The van der Waals surface area contributed by atoms with E-state index in [2.05, 4.69) is 10.2 Å². The zero-order chi connectivity index (χ0) is 22.1. The highest BCUT2D eigenvalue weighted by Crippen LogP contribution is 2.17. The lowest BCUT2D eigenvalue weighted by atomic mass is 10.1. The van der Waals surface area contributed by atoms with Gasteiger partial charge in [0.1, 0.15) is 5.82 Å². The van der Waals surface area contributed by atoms with Crippen molar-refractivity contribution < 1.29 is 9.53 Å². The van der Waals surface area contributed by atoms with Gasteiger partial charge in [-0.15, -0.1) is 10.2 Å². The van der Waals surface area contributed by atoms with E-state index in [4.69, 9.17) is 4.74 Å². The number of rotatable bonds is 5. The van der Waals surface area contributed by atoms with Crippen molar-refractivity contribution in [3.8, 4) is 0 Å². The SMILES string of the molecule is Cc1ccc(Cn2c(=O)c3ccccc3n3c(CCC(=O)N4CCOCC4)nnc23)cc1. The van der Waals surface area contributed by atoms with Gasteiger partial charge in [0.05, 0.1) is 30.7 Å². The lowest BCUT2D eigenvalue weighted by molar-refractivity contribution is -0.135. The van der Waals surface area contributed by atoms with Gasteiger partial charge in [-0.2, -0.15) is 0 Å². The summed E-state index contributed by atoms with van der Waals surface area (Å²) >= 11 is 0. The first-order valence-corrected chi connectivity index (χ1v) is 10.9. The van der Waals surface area contributed by atoms with E-state index in [9.17, 15) is 9.59 Å². The Morgan fingerprint density at radius 3 is 2.56 bits per heavy atom. The monoisotopic (exact) mass is 431 g/mol. The van der Waals surface area contributed by atoms with Crippen LogP contribution in [-0.2, 0) is 22.5 Å². The predicted octanol–water partition coefficient (Wildman–Crippen LogP) is 2.19. The lowest BCUT2D eigenvalue weighted by Gasteiger charge is -2.26. The van der Waals surface area contributed by atoms with Crippen LogP contribution in [0.5, 0.6) is 0 Å². The van der Waals surface area contributed by atoms with Crippen molar-refractivity contribution in [2.24, 2.45) is 0 Å². The second-order valence-electron chi connectivity index (χ2n) is 8.14. The molecule has 1 fully saturated rings. The molecule has 1 aliphatic rings. The second-order valence-corrected chi connectivity index (χ2v) is 8.14.